The van der Waals surface area contributed by atoms with E-state index in [1.807, 2.05) is 6.07 Å². The Kier molecular flexibility index (Phi) is 6.02. The molecule has 30 heavy (non-hydrogen) atoms. The Balaban J connectivity index is 1.51. The van der Waals surface area contributed by atoms with Crippen LogP contribution < -0.4 is 4.90 Å². The maximum Gasteiger partial charge on any atom is 0.308 e. The van der Waals surface area contributed by atoms with E-state index in [4.69, 9.17) is 39.5 Å². The Labute approximate surface area is 187 Å². The van der Waals surface area contributed by atoms with Crippen LogP contribution in [0.1, 0.15) is 11.1 Å². The molecule has 2 aliphatic heterocycles. The molecule has 1 fully saturated rings. The summed E-state index contributed by atoms with van der Waals surface area (Å²) in [5.74, 6) is -0.161. The van der Waals surface area contributed by atoms with Crippen molar-refractivity contribution >= 4 is 52.1 Å². The third kappa shape index (κ3) is 4.05. The topological polar surface area (TPSA) is 88.8 Å². The van der Waals surface area contributed by atoms with Crippen molar-refractivity contribution in [2.75, 3.05) is 31.1 Å². The normalized spacial score (nSPS) is 18.8. The number of pyridine rings is 1. The zero-order chi connectivity index (χ0) is 21.4. The highest BCUT2D eigenvalue weighted by atomic mass is 35.5. The summed E-state index contributed by atoms with van der Waals surface area (Å²) >= 11 is 18.6. The van der Waals surface area contributed by atoms with Crippen LogP contribution in [0.25, 0.3) is 0 Å². The van der Waals surface area contributed by atoms with Gasteiger partial charge in [0, 0.05) is 29.7 Å². The Bertz CT molecular complexity index is 1020. The average molecular weight is 472 g/mol. The highest BCUT2D eigenvalue weighted by Gasteiger charge is 2.34. The SMILES string of the molecule is O=C(C1CN(c2cncc([N+](=O)[O-])c2Cl)CCO1)N1CCc2cc(Cl)cc(Cl)c2C1. The number of morpholine rings is 1. The van der Waals surface area contributed by atoms with E-state index in [-0.39, 0.29) is 29.8 Å². The fourth-order valence-corrected chi connectivity index (χ4v) is 4.64. The number of amides is 1. The molecule has 0 spiro atoms. The Morgan fingerprint density at radius 3 is 2.80 bits per heavy atom. The van der Waals surface area contributed by atoms with Gasteiger partial charge in [0.05, 0.1) is 30.0 Å². The molecule has 2 aromatic rings. The van der Waals surface area contributed by atoms with Crippen LogP contribution in [0.15, 0.2) is 24.5 Å². The average Bonchev–Trinajstić information content (AvgIpc) is 2.73. The molecular formula is C19H17Cl3N4O4. The fourth-order valence-electron chi connectivity index (χ4n) is 3.76. The summed E-state index contributed by atoms with van der Waals surface area (Å²) in [4.78, 5) is 31.1. The largest absolute Gasteiger partial charge is 0.365 e. The second-order valence-electron chi connectivity index (χ2n) is 7.09. The van der Waals surface area contributed by atoms with Crippen molar-refractivity contribution in [1.29, 1.82) is 0 Å². The van der Waals surface area contributed by atoms with Crippen LogP contribution in [0.2, 0.25) is 15.1 Å². The maximum absolute atomic E-state index is 13.1. The van der Waals surface area contributed by atoms with Crippen LogP contribution in [0.4, 0.5) is 11.4 Å². The number of anilines is 1. The number of aromatic nitrogens is 1. The quantitative estimate of drug-likeness (QED) is 0.500. The number of carbonyl (C=O) groups is 1. The summed E-state index contributed by atoms with van der Waals surface area (Å²) in [7, 11) is 0. The molecule has 0 aliphatic carbocycles. The molecular weight excluding hydrogens is 455 g/mol. The monoisotopic (exact) mass is 470 g/mol. The molecule has 1 saturated heterocycles. The Morgan fingerprint density at radius 2 is 2.03 bits per heavy atom. The van der Waals surface area contributed by atoms with E-state index in [1.54, 1.807) is 15.9 Å². The number of carbonyl (C=O) groups excluding carboxylic acids is 1. The van der Waals surface area contributed by atoms with Crippen molar-refractivity contribution in [3.8, 4) is 0 Å². The molecule has 0 radical (unpaired) electrons. The molecule has 0 saturated carbocycles. The number of benzene rings is 1. The lowest BCUT2D eigenvalue weighted by atomic mass is 9.99. The van der Waals surface area contributed by atoms with Gasteiger partial charge in [-0.1, -0.05) is 34.8 Å². The molecule has 1 aromatic heterocycles. The summed E-state index contributed by atoms with van der Waals surface area (Å²) < 4.78 is 5.72. The first-order chi connectivity index (χ1) is 14.3. The van der Waals surface area contributed by atoms with Crippen LogP contribution in [0.5, 0.6) is 0 Å². The lowest BCUT2D eigenvalue weighted by molar-refractivity contribution is -0.385. The molecule has 1 aromatic carbocycles. The standard InChI is InChI=1S/C19H17Cl3N4O4/c20-12-5-11-1-2-25(9-13(11)14(21)6-12)19(27)17-10-24(3-4-30-17)15-7-23-8-16(18(15)22)26(28)29/h5-8,17H,1-4,9-10H2. The number of fused-ring (bicyclic) bond motifs is 1. The van der Waals surface area contributed by atoms with E-state index in [9.17, 15) is 14.9 Å². The van der Waals surface area contributed by atoms with E-state index in [0.29, 0.717) is 41.8 Å². The van der Waals surface area contributed by atoms with Crippen molar-refractivity contribution < 1.29 is 14.5 Å². The predicted molar refractivity (Wildman–Crippen MR) is 113 cm³/mol. The zero-order valence-corrected chi connectivity index (χ0v) is 18.0. The second-order valence-corrected chi connectivity index (χ2v) is 8.31. The van der Waals surface area contributed by atoms with Gasteiger partial charge in [0.2, 0.25) is 0 Å². The van der Waals surface area contributed by atoms with Gasteiger partial charge >= 0.3 is 5.69 Å². The first-order valence-corrected chi connectivity index (χ1v) is 10.4. The highest BCUT2D eigenvalue weighted by Crippen LogP contribution is 2.34. The van der Waals surface area contributed by atoms with Gasteiger partial charge in [0.1, 0.15) is 11.2 Å². The molecule has 1 amide bonds. The van der Waals surface area contributed by atoms with E-state index in [2.05, 4.69) is 4.98 Å². The van der Waals surface area contributed by atoms with Crippen LogP contribution in [0, 0.1) is 10.1 Å². The van der Waals surface area contributed by atoms with Crippen LogP contribution in [-0.4, -0.2) is 53.1 Å². The van der Waals surface area contributed by atoms with E-state index < -0.39 is 11.0 Å². The van der Waals surface area contributed by atoms with Gasteiger partial charge in [-0.05, 0) is 29.7 Å². The molecule has 3 heterocycles. The van der Waals surface area contributed by atoms with Crippen LogP contribution in [0.3, 0.4) is 0 Å². The molecule has 2 aliphatic rings. The molecule has 8 nitrogen and oxygen atoms in total. The van der Waals surface area contributed by atoms with Gasteiger partial charge in [-0.2, -0.15) is 0 Å². The number of halogens is 3. The molecule has 1 atom stereocenters. The summed E-state index contributed by atoms with van der Waals surface area (Å²) in [5.41, 5.74) is 2.06. The zero-order valence-electron chi connectivity index (χ0n) is 15.7. The number of rotatable bonds is 3. The van der Waals surface area contributed by atoms with Crippen molar-refractivity contribution in [2.24, 2.45) is 0 Å². The summed E-state index contributed by atoms with van der Waals surface area (Å²) in [6, 6.07) is 3.55. The lowest BCUT2D eigenvalue weighted by Gasteiger charge is -2.37. The number of hydrogen-bond donors (Lipinski definition) is 0. The maximum atomic E-state index is 13.1. The first-order valence-electron chi connectivity index (χ1n) is 9.25. The third-order valence-corrected chi connectivity index (χ3v) is 6.23. The third-order valence-electron chi connectivity index (χ3n) is 5.29. The van der Waals surface area contributed by atoms with Gasteiger partial charge in [0.15, 0.2) is 6.10 Å². The summed E-state index contributed by atoms with van der Waals surface area (Å²) in [6.45, 7) is 1.86. The summed E-state index contributed by atoms with van der Waals surface area (Å²) in [5, 5.41) is 12.3. The van der Waals surface area contributed by atoms with Gasteiger partial charge in [-0.15, -0.1) is 0 Å². The van der Waals surface area contributed by atoms with E-state index in [1.165, 1.54) is 6.20 Å². The number of ether oxygens (including phenoxy) is 1. The lowest BCUT2D eigenvalue weighted by Crippen LogP contribution is -2.52. The Morgan fingerprint density at radius 1 is 1.23 bits per heavy atom. The molecule has 4 rings (SSSR count). The smallest absolute Gasteiger partial charge is 0.308 e. The minimum Gasteiger partial charge on any atom is -0.365 e. The van der Waals surface area contributed by atoms with Crippen LogP contribution in [-0.2, 0) is 22.5 Å². The molecule has 0 bridgehead atoms. The van der Waals surface area contributed by atoms with Gasteiger partial charge < -0.3 is 14.5 Å². The Hall–Kier alpha value is -2.13. The van der Waals surface area contributed by atoms with Gasteiger partial charge in [-0.3, -0.25) is 19.9 Å². The van der Waals surface area contributed by atoms with E-state index >= 15 is 0 Å². The van der Waals surface area contributed by atoms with Gasteiger partial charge in [0.25, 0.3) is 5.91 Å². The van der Waals surface area contributed by atoms with Crippen molar-refractivity contribution in [2.45, 2.75) is 19.1 Å². The molecule has 0 N–H and O–H groups in total. The minimum absolute atomic E-state index is 0.00124. The van der Waals surface area contributed by atoms with Crippen LogP contribution >= 0.6 is 34.8 Å². The summed E-state index contributed by atoms with van der Waals surface area (Å²) in [6.07, 6.45) is 2.50. The minimum atomic E-state index is -0.721. The molecule has 158 valence electrons. The highest BCUT2D eigenvalue weighted by molar-refractivity contribution is 6.35. The number of hydrogen-bond acceptors (Lipinski definition) is 6. The molecule has 11 heteroatoms. The van der Waals surface area contributed by atoms with Gasteiger partial charge in [-0.25, -0.2) is 0 Å². The van der Waals surface area contributed by atoms with Crippen molar-refractivity contribution in [3.63, 3.8) is 0 Å². The second kappa shape index (κ2) is 8.55. The number of nitrogens with zero attached hydrogens (tertiary/aromatic N) is 4. The number of nitro groups is 1. The van der Waals surface area contributed by atoms with E-state index in [0.717, 1.165) is 17.3 Å². The van der Waals surface area contributed by atoms with Crippen molar-refractivity contribution in [1.82, 2.24) is 9.88 Å². The molecule has 1 unspecified atom stereocenters. The predicted octanol–water partition coefficient (Wildman–Crippen LogP) is 3.74. The fraction of sp³-hybridized carbons (Fsp3) is 0.368. The van der Waals surface area contributed by atoms with Crippen molar-refractivity contribution in [3.05, 3.63) is 60.8 Å². The first kappa shape index (κ1) is 21.1.